The molecular weight excluding hydrogens is 230 g/mol. The number of nitrogens with one attached hydrogen (secondary N) is 1. The molecule has 0 aliphatic carbocycles. The zero-order valence-corrected chi connectivity index (χ0v) is 10.3. The van der Waals surface area contributed by atoms with Gasteiger partial charge in [-0.25, -0.2) is 0 Å². The molecule has 2 N–H and O–H groups in total. The summed E-state index contributed by atoms with van der Waals surface area (Å²) in [5.74, 6) is 0. The van der Waals surface area contributed by atoms with E-state index in [1.165, 1.54) is 0 Å². The molecule has 0 radical (unpaired) electrons. The maximum atomic E-state index is 10.5. The summed E-state index contributed by atoms with van der Waals surface area (Å²) in [4.78, 5) is 4.19. The van der Waals surface area contributed by atoms with Crippen LogP contribution in [0.3, 0.4) is 0 Å². The number of aliphatic hydroxyl groups is 1. The van der Waals surface area contributed by atoms with Crippen LogP contribution in [0.4, 0.5) is 0 Å². The van der Waals surface area contributed by atoms with E-state index in [1.807, 2.05) is 48.8 Å². The van der Waals surface area contributed by atoms with E-state index >= 15 is 0 Å². The van der Waals surface area contributed by atoms with Crippen LogP contribution in [-0.2, 0) is 0 Å². The lowest BCUT2D eigenvalue weighted by molar-refractivity contribution is 0.225. The Kier molecular flexibility index (Phi) is 2.50. The lowest BCUT2D eigenvalue weighted by atomic mass is 10.0. The van der Waals surface area contributed by atoms with E-state index in [9.17, 15) is 5.11 Å². The van der Waals surface area contributed by atoms with Gasteiger partial charge in [-0.05, 0) is 41.6 Å². The first kappa shape index (κ1) is 10.6. The molecular formula is C14H13NOS. The Morgan fingerprint density at radius 3 is 2.88 bits per heavy atom. The first-order valence-corrected chi connectivity index (χ1v) is 6.43. The Balaban J connectivity index is 2.15. The second kappa shape index (κ2) is 4.02. The van der Waals surface area contributed by atoms with Crippen molar-refractivity contribution in [2.75, 3.05) is 0 Å². The minimum absolute atomic E-state index is 0.533. The Bertz CT molecular complexity index is 653. The van der Waals surface area contributed by atoms with Crippen molar-refractivity contribution in [3.8, 4) is 0 Å². The second-order valence-electron chi connectivity index (χ2n) is 4.16. The van der Waals surface area contributed by atoms with Crippen LogP contribution >= 0.6 is 11.3 Å². The summed E-state index contributed by atoms with van der Waals surface area (Å²) in [5, 5.41) is 13.6. The third-order valence-corrected chi connectivity index (χ3v) is 4.14. The standard InChI is InChI=1S/C14H13NOS/c1-9-6-8-17-14(9)13(16)11-3-2-4-12-10(11)5-7-15-12/h2-8,13,15-16H,1H3. The molecule has 1 atom stereocenters. The average molecular weight is 243 g/mol. The highest BCUT2D eigenvalue weighted by atomic mass is 32.1. The fourth-order valence-electron chi connectivity index (χ4n) is 2.15. The molecule has 0 aliphatic heterocycles. The first-order chi connectivity index (χ1) is 8.27. The van der Waals surface area contributed by atoms with E-state index in [0.717, 1.165) is 26.9 Å². The van der Waals surface area contributed by atoms with Crippen molar-refractivity contribution in [3.05, 3.63) is 57.9 Å². The number of thiophene rings is 1. The van der Waals surface area contributed by atoms with Crippen molar-refractivity contribution in [2.24, 2.45) is 0 Å². The van der Waals surface area contributed by atoms with Gasteiger partial charge < -0.3 is 10.1 Å². The summed E-state index contributed by atoms with van der Waals surface area (Å²) in [6.45, 7) is 2.03. The number of H-pyrrole nitrogens is 1. The molecule has 0 aliphatic rings. The minimum Gasteiger partial charge on any atom is -0.383 e. The number of aromatic nitrogens is 1. The molecule has 1 aromatic carbocycles. The molecule has 17 heavy (non-hydrogen) atoms. The summed E-state index contributed by atoms with van der Waals surface area (Å²) in [7, 11) is 0. The summed E-state index contributed by atoms with van der Waals surface area (Å²) < 4.78 is 0. The second-order valence-corrected chi connectivity index (χ2v) is 5.10. The lowest BCUT2D eigenvalue weighted by Crippen LogP contribution is -1.99. The van der Waals surface area contributed by atoms with Crippen LogP contribution in [0.2, 0.25) is 0 Å². The molecule has 2 heterocycles. The predicted octanol–water partition coefficient (Wildman–Crippen LogP) is 3.62. The molecule has 1 unspecified atom stereocenters. The maximum absolute atomic E-state index is 10.5. The number of fused-ring (bicyclic) bond motifs is 1. The molecule has 0 saturated heterocycles. The van der Waals surface area contributed by atoms with E-state index in [2.05, 4.69) is 4.98 Å². The number of benzene rings is 1. The van der Waals surface area contributed by atoms with Gasteiger partial charge in [0.15, 0.2) is 0 Å². The van der Waals surface area contributed by atoms with Crippen LogP contribution in [0, 0.1) is 6.92 Å². The Hall–Kier alpha value is -1.58. The number of aliphatic hydroxyl groups excluding tert-OH is 1. The van der Waals surface area contributed by atoms with Gasteiger partial charge in [-0.3, -0.25) is 0 Å². The third kappa shape index (κ3) is 1.68. The number of aromatic amines is 1. The number of hydrogen-bond donors (Lipinski definition) is 2. The van der Waals surface area contributed by atoms with Crippen molar-refractivity contribution in [1.29, 1.82) is 0 Å². The van der Waals surface area contributed by atoms with Gasteiger partial charge in [-0.1, -0.05) is 12.1 Å². The number of aryl methyl sites for hydroxylation is 1. The predicted molar refractivity (Wildman–Crippen MR) is 71.4 cm³/mol. The Labute approximate surface area is 104 Å². The normalized spacial score (nSPS) is 13.1. The molecule has 0 bridgehead atoms. The monoisotopic (exact) mass is 243 g/mol. The third-order valence-electron chi connectivity index (χ3n) is 3.07. The molecule has 3 aromatic rings. The van der Waals surface area contributed by atoms with E-state index in [4.69, 9.17) is 0 Å². The van der Waals surface area contributed by atoms with Crippen molar-refractivity contribution in [1.82, 2.24) is 4.98 Å². The van der Waals surface area contributed by atoms with Crippen LogP contribution in [0.15, 0.2) is 41.9 Å². The highest BCUT2D eigenvalue weighted by Crippen LogP contribution is 2.32. The molecule has 0 saturated carbocycles. The Morgan fingerprint density at radius 2 is 2.12 bits per heavy atom. The minimum atomic E-state index is -0.533. The van der Waals surface area contributed by atoms with Crippen molar-refractivity contribution >= 4 is 22.2 Å². The molecule has 0 amide bonds. The zero-order chi connectivity index (χ0) is 11.8. The summed E-state index contributed by atoms with van der Waals surface area (Å²) in [6.07, 6.45) is 1.37. The molecule has 3 heteroatoms. The van der Waals surface area contributed by atoms with E-state index in [0.29, 0.717) is 0 Å². The fraction of sp³-hybridized carbons (Fsp3) is 0.143. The van der Waals surface area contributed by atoms with E-state index in [1.54, 1.807) is 11.3 Å². The van der Waals surface area contributed by atoms with Crippen LogP contribution in [0.25, 0.3) is 10.9 Å². The largest absolute Gasteiger partial charge is 0.383 e. The molecule has 3 rings (SSSR count). The SMILES string of the molecule is Cc1ccsc1C(O)c1cccc2[nH]ccc12. The van der Waals surface area contributed by atoms with Gasteiger partial charge in [0, 0.05) is 22.0 Å². The smallest absolute Gasteiger partial charge is 0.114 e. The molecule has 0 spiro atoms. The van der Waals surface area contributed by atoms with Gasteiger partial charge in [0.2, 0.25) is 0 Å². The average Bonchev–Trinajstić information content (AvgIpc) is 2.95. The van der Waals surface area contributed by atoms with Crippen molar-refractivity contribution in [2.45, 2.75) is 13.0 Å². The van der Waals surface area contributed by atoms with Gasteiger partial charge in [-0.2, -0.15) is 0 Å². The molecule has 0 fully saturated rings. The first-order valence-electron chi connectivity index (χ1n) is 5.55. The summed E-state index contributed by atoms with van der Waals surface area (Å²) >= 11 is 1.60. The van der Waals surface area contributed by atoms with Gasteiger partial charge >= 0.3 is 0 Å². The fourth-order valence-corrected chi connectivity index (χ4v) is 3.08. The lowest BCUT2D eigenvalue weighted by Gasteiger charge is -2.11. The Morgan fingerprint density at radius 1 is 1.24 bits per heavy atom. The maximum Gasteiger partial charge on any atom is 0.114 e. The molecule has 2 nitrogen and oxygen atoms in total. The van der Waals surface area contributed by atoms with Gasteiger partial charge in [-0.15, -0.1) is 11.3 Å². The zero-order valence-electron chi connectivity index (χ0n) is 9.47. The van der Waals surface area contributed by atoms with E-state index < -0.39 is 6.10 Å². The van der Waals surface area contributed by atoms with Crippen LogP contribution in [0.5, 0.6) is 0 Å². The van der Waals surface area contributed by atoms with Gasteiger partial charge in [0.05, 0.1) is 0 Å². The summed E-state index contributed by atoms with van der Waals surface area (Å²) in [6, 6.07) is 10.0. The summed E-state index contributed by atoms with van der Waals surface area (Å²) in [5.41, 5.74) is 3.18. The molecule has 86 valence electrons. The highest BCUT2D eigenvalue weighted by molar-refractivity contribution is 7.10. The number of rotatable bonds is 2. The quantitative estimate of drug-likeness (QED) is 0.708. The van der Waals surface area contributed by atoms with Crippen molar-refractivity contribution < 1.29 is 5.11 Å². The van der Waals surface area contributed by atoms with Crippen LogP contribution in [-0.4, -0.2) is 10.1 Å². The highest BCUT2D eigenvalue weighted by Gasteiger charge is 2.16. The van der Waals surface area contributed by atoms with Gasteiger partial charge in [0.1, 0.15) is 6.10 Å². The van der Waals surface area contributed by atoms with E-state index in [-0.39, 0.29) is 0 Å². The van der Waals surface area contributed by atoms with Crippen LogP contribution in [0.1, 0.15) is 22.1 Å². The van der Waals surface area contributed by atoms with Crippen molar-refractivity contribution in [3.63, 3.8) is 0 Å². The topological polar surface area (TPSA) is 36.0 Å². The van der Waals surface area contributed by atoms with Crippen LogP contribution < -0.4 is 0 Å². The molecule has 2 aromatic heterocycles. The van der Waals surface area contributed by atoms with Gasteiger partial charge in [0.25, 0.3) is 0 Å². The number of hydrogen-bond acceptors (Lipinski definition) is 2.